The molecule has 0 aliphatic carbocycles. The van der Waals surface area contributed by atoms with Gasteiger partial charge in [0.1, 0.15) is 0 Å². The summed E-state index contributed by atoms with van der Waals surface area (Å²) < 4.78 is 0. The number of amides is 1. The number of nitrogens with two attached hydrogens (primary N) is 1. The monoisotopic (exact) mass is 280 g/mol. The van der Waals surface area contributed by atoms with Crippen LogP contribution in [0, 0.1) is 0 Å². The van der Waals surface area contributed by atoms with E-state index in [2.05, 4.69) is 0 Å². The minimum absolute atomic E-state index is 0.0337. The first-order chi connectivity index (χ1) is 9.06. The highest BCUT2D eigenvalue weighted by molar-refractivity contribution is 6.31. The maximum atomic E-state index is 12.6. The molecule has 0 spiro atoms. The molecular weight excluding hydrogens is 264 g/mol. The highest BCUT2D eigenvalue weighted by Crippen LogP contribution is 2.37. The van der Waals surface area contributed by atoms with E-state index in [-0.39, 0.29) is 24.1 Å². The maximum Gasteiger partial charge on any atom is 0.256 e. The predicted molar refractivity (Wildman–Crippen MR) is 74.1 cm³/mol. The molecular formula is C14H17ClN2O2. The Morgan fingerprint density at radius 1 is 1.32 bits per heavy atom. The maximum absolute atomic E-state index is 12.6. The van der Waals surface area contributed by atoms with Gasteiger partial charge in [-0.3, -0.25) is 4.79 Å². The van der Waals surface area contributed by atoms with Crippen molar-refractivity contribution in [3.8, 4) is 0 Å². The molecule has 0 aromatic heterocycles. The van der Waals surface area contributed by atoms with Crippen molar-refractivity contribution in [1.82, 2.24) is 4.90 Å². The molecule has 102 valence electrons. The Hall–Kier alpha value is -1.26. The highest BCUT2D eigenvalue weighted by Gasteiger charge is 2.43. The molecule has 2 atom stereocenters. The van der Waals surface area contributed by atoms with Gasteiger partial charge >= 0.3 is 0 Å². The molecule has 3 rings (SSSR count). The van der Waals surface area contributed by atoms with E-state index < -0.39 is 0 Å². The van der Waals surface area contributed by atoms with Gasteiger partial charge in [0.05, 0.1) is 11.7 Å². The van der Waals surface area contributed by atoms with Gasteiger partial charge < -0.3 is 15.7 Å². The molecule has 2 saturated heterocycles. The lowest BCUT2D eigenvalue weighted by Crippen LogP contribution is -2.48. The summed E-state index contributed by atoms with van der Waals surface area (Å²) in [6.45, 7) is 0. The number of carbonyl (C=O) groups excluding carboxylic acids is 1. The summed E-state index contributed by atoms with van der Waals surface area (Å²) in [6.07, 6.45) is 3.03. The Balaban J connectivity index is 1.88. The zero-order valence-electron chi connectivity index (χ0n) is 10.6. The Bertz CT molecular complexity index is 506. The summed E-state index contributed by atoms with van der Waals surface area (Å²) in [7, 11) is 0. The smallest absolute Gasteiger partial charge is 0.256 e. The van der Waals surface area contributed by atoms with Gasteiger partial charge in [-0.25, -0.2) is 0 Å². The second-order valence-corrected chi connectivity index (χ2v) is 5.89. The van der Waals surface area contributed by atoms with Gasteiger partial charge in [-0.15, -0.1) is 0 Å². The van der Waals surface area contributed by atoms with Crippen LogP contribution in [0.4, 0.5) is 5.69 Å². The molecule has 1 amide bonds. The van der Waals surface area contributed by atoms with Crippen LogP contribution in [0.2, 0.25) is 5.02 Å². The van der Waals surface area contributed by atoms with Crippen LogP contribution in [0.1, 0.15) is 36.0 Å². The number of rotatable bonds is 1. The quantitative estimate of drug-likeness (QED) is 0.774. The minimum Gasteiger partial charge on any atom is -0.398 e. The number of anilines is 1. The number of aliphatic hydroxyl groups is 1. The third-order valence-electron chi connectivity index (χ3n) is 4.19. The van der Waals surface area contributed by atoms with E-state index in [4.69, 9.17) is 17.3 Å². The van der Waals surface area contributed by atoms with Gasteiger partial charge in [0.15, 0.2) is 0 Å². The summed E-state index contributed by atoms with van der Waals surface area (Å²) >= 11 is 5.86. The number of aliphatic hydroxyl groups excluding tert-OH is 1. The fraction of sp³-hybridized carbons (Fsp3) is 0.500. The van der Waals surface area contributed by atoms with Gasteiger partial charge in [0, 0.05) is 22.8 Å². The fourth-order valence-electron chi connectivity index (χ4n) is 3.35. The molecule has 1 aromatic rings. The molecule has 2 heterocycles. The average molecular weight is 281 g/mol. The fourth-order valence-corrected chi connectivity index (χ4v) is 3.53. The highest BCUT2D eigenvalue weighted by atomic mass is 35.5. The van der Waals surface area contributed by atoms with E-state index in [0.717, 1.165) is 12.8 Å². The van der Waals surface area contributed by atoms with Crippen molar-refractivity contribution < 1.29 is 9.90 Å². The number of hydrogen-bond acceptors (Lipinski definition) is 3. The van der Waals surface area contributed by atoms with Crippen LogP contribution in [-0.4, -0.2) is 34.1 Å². The predicted octanol–water partition coefficient (Wildman–Crippen LogP) is 2.05. The Morgan fingerprint density at radius 2 is 1.95 bits per heavy atom. The molecule has 2 fully saturated rings. The molecule has 2 aliphatic rings. The lowest BCUT2D eigenvalue weighted by molar-refractivity contribution is 0.0288. The van der Waals surface area contributed by atoms with Crippen LogP contribution in [0.15, 0.2) is 18.2 Å². The number of carbonyl (C=O) groups is 1. The normalized spacial score (nSPS) is 29.6. The second kappa shape index (κ2) is 4.69. The van der Waals surface area contributed by atoms with Crippen molar-refractivity contribution in [2.24, 2.45) is 0 Å². The first-order valence-corrected chi connectivity index (χ1v) is 7.00. The van der Waals surface area contributed by atoms with Crippen molar-refractivity contribution in [1.29, 1.82) is 0 Å². The number of benzene rings is 1. The number of piperidine rings is 1. The average Bonchev–Trinajstić information content (AvgIpc) is 2.61. The topological polar surface area (TPSA) is 66.6 Å². The Morgan fingerprint density at radius 3 is 2.53 bits per heavy atom. The molecule has 2 aliphatic heterocycles. The van der Waals surface area contributed by atoms with Crippen molar-refractivity contribution >= 4 is 23.2 Å². The van der Waals surface area contributed by atoms with Crippen molar-refractivity contribution in [3.05, 3.63) is 28.8 Å². The van der Waals surface area contributed by atoms with Crippen LogP contribution >= 0.6 is 11.6 Å². The summed E-state index contributed by atoms with van der Waals surface area (Å²) in [5.41, 5.74) is 6.82. The summed E-state index contributed by atoms with van der Waals surface area (Å²) in [4.78, 5) is 14.5. The lowest BCUT2D eigenvalue weighted by atomic mass is 9.98. The molecule has 4 nitrogen and oxygen atoms in total. The molecule has 2 bridgehead atoms. The minimum atomic E-state index is -0.274. The number of halogens is 1. The van der Waals surface area contributed by atoms with E-state index in [0.29, 0.717) is 29.1 Å². The molecule has 2 unspecified atom stereocenters. The third-order valence-corrected chi connectivity index (χ3v) is 4.42. The third kappa shape index (κ3) is 2.19. The first kappa shape index (κ1) is 12.8. The van der Waals surface area contributed by atoms with Gasteiger partial charge in [-0.1, -0.05) is 11.6 Å². The van der Waals surface area contributed by atoms with Crippen molar-refractivity contribution in [3.63, 3.8) is 0 Å². The van der Waals surface area contributed by atoms with E-state index >= 15 is 0 Å². The van der Waals surface area contributed by atoms with E-state index in [1.54, 1.807) is 18.2 Å². The van der Waals surface area contributed by atoms with Crippen LogP contribution in [0.3, 0.4) is 0 Å². The summed E-state index contributed by atoms with van der Waals surface area (Å²) in [5.74, 6) is -0.0337. The molecule has 3 N–H and O–H groups in total. The molecule has 1 aromatic carbocycles. The molecule has 0 radical (unpaired) electrons. The Kier molecular flexibility index (Phi) is 3.15. The number of nitrogen functional groups attached to an aromatic ring is 1. The molecule has 5 heteroatoms. The zero-order chi connectivity index (χ0) is 13.6. The Labute approximate surface area is 117 Å². The van der Waals surface area contributed by atoms with Crippen LogP contribution < -0.4 is 5.73 Å². The van der Waals surface area contributed by atoms with Crippen LogP contribution in [0.25, 0.3) is 0 Å². The number of hydrogen-bond donors (Lipinski definition) is 2. The van der Waals surface area contributed by atoms with Gasteiger partial charge in [-0.05, 0) is 43.9 Å². The lowest BCUT2D eigenvalue weighted by Gasteiger charge is -2.37. The van der Waals surface area contributed by atoms with Crippen LogP contribution in [-0.2, 0) is 0 Å². The zero-order valence-corrected chi connectivity index (χ0v) is 11.3. The van der Waals surface area contributed by atoms with E-state index in [9.17, 15) is 9.90 Å². The van der Waals surface area contributed by atoms with Crippen molar-refractivity contribution in [2.75, 3.05) is 5.73 Å². The van der Waals surface area contributed by atoms with Gasteiger partial charge in [-0.2, -0.15) is 0 Å². The van der Waals surface area contributed by atoms with E-state index in [1.807, 2.05) is 4.90 Å². The molecule has 0 saturated carbocycles. The van der Waals surface area contributed by atoms with Crippen LogP contribution in [0.5, 0.6) is 0 Å². The standard InChI is InChI=1S/C14H17ClN2O2/c15-8-1-4-12(13(16)5-8)14(19)17-9-2-3-10(17)7-11(18)6-9/h1,4-5,9-11,18H,2-3,6-7,16H2. The first-order valence-electron chi connectivity index (χ1n) is 6.62. The number of nitrogens with zero attached hydrogens (tertiary/aromatic N) is 1. The molecule has 19 heavy (non-hydrogen) atoms. The van der Waals surface area contributed by atoms with Crippen molar-refractivity contribution in [2.45, 2.75) is 43.9 Å². The number of fused-ring (bicyclic) bond motifs is 2. The second-order valence-electron chi connectivity index (χ2n) is 5.45. The SMILES string of the molecule is Nc1cc(Cl)ccc1C(=O)N1C2CCC1CC(O)C2. The largest absolute Gasteiger partial charge is 0.398 e. The van der Waals surface area contributed by atoms with E-state index in [1.165, 1.54) is 0 Å². The van der Waals surface area contributed by atoms with Gasteiger partial charge in [0.2, 0.25) is 0 Å². The summed E-state index contributed by atoms with van der Waals surface area (Å²) in [6, 6.07) is 5.28. The summed E-state index contributed by atoms with van der Waals surface area (Å²) in [5, 5.41) is 10.3. The van der Waals surface area contributed by atoms with Gasteiger partial charge in [0.25, 0.3) is 5.91 Å².